The summed E-state index contributed by atoms with van der Waals surface area (Å²) in [5.41, 5.74) is 4.09. The van der Waals surface area contributed by atoms with E-state index >= 15 is 0 Å². The number of alkyl halides is 3. The lowest BCUT2D eigenvalue weighted by Gasteiger charge is -2.14. The van der Waals surface area contributed by atoms with Gasteiger partial charge in [-0.05, 0) is 61.7 Å². The van der Waals surface area contributed by atoms with Gasteiger partial charge in [0.15, 0.2) is 0 Å². The molecule has 0 saturated carbocycles. The minimum absolute atomic E-state index is 0.458. The average Bonchev–Trinajstić information content (AvgIpc) is 2.60. The first-order valence-electron chi connectivity index (χ1n) is 8.46. The van der Waals surface area contributed by atoms with Crippen LogP contribution in [0.4, 0.5) is 24.5 Å². The molecule has 1 N–H and O–H groups in total. The van der Waals surface area contributed by atoms with Crippen LogP contribution in [0.15, 0.2) is 41.4 Å². The van der Waals surface area contributed by atoms with Crippen LogP contribution in [0, 0.1) is 13.8 Å². The Labute approximate surface area is 152 Å². The number of anilines is 1. The van der Waals surface area contributed by atoms with Crippen LogP contribution >= 0.6 is 0 Å². The maximum atomic E-state index is 12.6. The quantitative estimate of drug-likeness (QED) is 0.538. The fourth-order valence-corrected chi connectivity index (χ4v) is 2.38. The van der Waals surface area contributed by atoms with Crippen LogP contribution in [0.3, 0.4) is 0 Å². The fraction of sp³-hybridized carbons (Fsp3) is 0.350. The van der Waals surface area contributed by atoms with E-state index in [1.165, 1.54) is 12.1 Å². The van der Waals surface area contributed by atoms with Crippen LogP contribution in [0.25, 0.3) is 0 Å². The first-order chi connectivity index (χ1) is 12.2. The van der Waals surface area contributed by atoms with Crippen molar-refractivity contribution in [3.63, 3.8) is 0 Å². The first kappa shape index (κ1) is 19.8. The molecule has 0 amide bonds. The lowest BCUT2D eigenvalue weighted by molar-refractivity contribution is -0.137. The highest BCUT2D eigenvalue weighted by Gasteiger charge is 2.29. The second-order valence-electron chi connectivity index (χ2n) is 6.32. The van der Waals surface area contributed by atoms with Gasteiger partial charge >= 0.3 is 6.18 Å². The number of rotatable bonds is 6. The Hall–Kier alpha value is -2.50. The number of nitrogens with one attached hydrogen (secondary N) is 1. The van der Waals surface area contributed by atoms with Crippen molar-refractivity contribution >= 4 is 17.7 Å². The molecule has 0 atom stereocenters. The molecule has 3 nitrogen and oxygen atoms in total. The van der Waals surface area contributed by atoms with Crippen LogP contribution in [0.5, 0.6) is 0 Å². The Balaban J connectivity index is 2.08. The zero-order valence-electron chi connectivity index (χ0n) is 15.5. The molecule has 0 heterocycles. The number of benzene rings is 2. The van der Waals surface area contributed by atoms with Crippen molar-refractivity contribution < 1.29 is 13.2 Å². The Morgan fingerprint density at radius 2 is 1.73 bits per heavy atom. The van der Waals surface area contributed by atoms with E-state index in [-0.39, 0.29) is 0 Å². The molecule has 0 aliphatic heterocycles. The molecule has 0 unspecified atom stereocenters. The van der Waals surface area contributed by atoms with Crippen molar-refractivity contribution in [2.45, 2.75) is 33.5 Å². The molecule has 2 aromatic carbocycles. The second-order valence-corrected chi connectivity index (χ2v) is 6.32. The Morgan fingerprint density at radius 1 is 1.08 bits per heavy atom. The largest absolute Gasteiger partial charge is 0.416 e. The van der Waals surface area contributed by atoms with Gasteiger partial charge in [0.1, 0.15) is 0 Å². The monoisotopic (exact) mass is 363 g/mol. The highest BCUT2D eigenvalue weighted by atomic mass is 19.4. The molecular weight excluding hydrogens is 339 g/mol. The maximum Gasteiger partial charge on any atom is 0.416 e. The minimum Gasteiger partial charge on any atom is -0.381 e. The van der Waals surface area contributed by atoms with E-state index in [1.807, 2.05) is 37.9 Å². The zero-order chi connectivity index (χ0) is 19.3. The summed E-state index contributed by atoms with van der Waals surface area (Å²) >= 11 is 0. The highest BCUT2D eigenvalue weighted by Crippen LogP contribution is 2.30. The van der Waals surface area contributed by atoms with E-state index in [0.29, 0.717) is 6.54 Å². The SMILES string of the molecule is CCN(C)C=Nc1cc(C)c(NCc2ccc(C(F)(F)F)cc2)cc1C. The van der Waals surface area contributed by atoms with Gasteiger partial charge in [0, 0.05) is 25.8 Å². The normalized spacial score (nSPS) is 11.8. The molecule has 2 rings (SSSR count). The molecule has 0 bridgehead atoms. The van der Waals surface area contributed by atoms with Gasteiger partial charge in [0.2, 0.25) is 0 Å². The van der Waals surface area contributed by atoms with Gasteiger partial charge in [0.05, 0.1) is 17.6 Å². The van der Waals surface area contributed by atoms with Gasteiger partial charge in [-0.1, -0.05) is 12.1 Å². The van der Waals surface area contributed by atoms with E-state index in [9.17, 15) is 13.2 Å². The van der Waals surface area contributed by atoms with Crippen LogP contribution in [-0.4, -0.2) is 24.8 Å². The third-order valence-electron chi connectivity index (χ3n) is 4.20. The molecule has 0 aliphatic carbocycles. The molecule has 0 aliphatic rings. The number of nitrogens with zero attached hydrogens (tertiary/aromatic N) is 2. The standard InChI is InChI=1S/C20H24F3N3/c1-5-26(4)13-25-19-11-14(2)18(10-15(19)3)24-12-16-6-8-17(9-7-16)20(21,22)23/h6-11,13,24H,5,12H2,1-4H3. The van der Waals surface area contributed by atoms with Gasteiger partial charge < -0.3 is 10.2 Å². The maximum absolute atomic E-state index is 12.6. The predicted octanol–water partition coefficient (Wildman–Crippen LogP) is 5.55. The van der Waals surface area contributed by atoms with Crippen molar-refractivity contribution in [1.29, 1.82) is 0 Å². The summed E-state index contributed by atoms with van der Waals surface area (Å²) in [6.07, 6.45) is -2.50. The third-order valence-corrected chi connectivity index (χ3v) is 4.20. The Kier molecular flexibility index (Phi) is 6.29. The fourth-order valence-electron chi connectivity index (χ4n) is 2.38. The van der Waals surface area contributed by atoms with E-state index < -0.39 is 11.7 Å². The van der Waals surface area contributed by atoms with Crippen molar-refractivity contribution in [1.82, 2.24) is 4.90 Å². The molecule has 140 valence electrons. The number of hydrogen-bond donors (Lipinski definition) is 1. The van der Waals surface area contributed by atoms with Gasteiger partial charge in [0.25, 0.3) is 0 Å². The molecule has 6 heteroatoms. The summed E-state index contributed by atoms with van der Waals surface area (Å²) in [7, 11) is 1.96. The minimum atomic E-state index is -4.30. The summed E-state index contributed by atoms with van der Waals surface area (Å²) in [6.45, 7) is 7.37. The van der Waals surface area contributed by atoms with Gasteiger partial charge in [-0.2, -0.15) is 13.2 Å². The molecule has 2 aromatic rings. The van der Waals surface area contributed by atoms with Crippen molar-refractivity contribution in [3.8, 4) is 0 Å². The summed E-state index contributed by atoms with van der Waals surface area (Å²) in [5, 5.41) is 3.29. The summed E-state index contributed by atoms with van der Waals surface area (Å²) in [4.78, 5) is 6.49. The van der Waals surface area contributed by atoms with E-state index in [4.69, 9.17) is 0 Å². The third kappa shape index (κ3) is 5.25. The van der Waals surface area contributed by atoms with Gasteiger partial charge in [-0.3, -0.25) is 0 Å². The molecule has 26 heavy (non-hydrogen) atoms. The van der Waals surface area contributed by atoms with Crippen LogP contribution < -0.4 is 5.32 Å². The van der Waals surface area contributed by atoms with E-state index in [0.717, 1.165) is 46.7 Å². The highest BCUT2D eigenvalue weighted by molar-refractivity contribution is 5.67. The van der Waals surface area contributed by atoms with Crippen LogP contribution in [-0.2, 0) is 12.7 Å². The summed E-state index contributed by atoms with van der Waals surface area (Å²) in [5.74, 6) is 0. The van der Waals surface area contributed by atoms with Crippen molar-refractivity contribution in [2.75, 3.05) is 18.9 Å². The first-order valence-corrected chi connectivity index (χ1v) is 8.46. The molecule has 0 aromatic heterocycles. The predicted molar refractivity (Wildman–Crippen MR) is 101 cm³/mol. The van der Waals surface area contributed by atoms with Gasteiger partial charge in [-0.25, -0.2) is 4.99 Å². The molecule has 0 saturated heterocycles. The van der Waals surface area contributed by atoms with Crippen LogP contribution in [0.1, 0.15) is 29.2 Å². The average molecular weight is 363 g/mol. The smallest absolute Gasteiger partial charge is 0.381 e. The van der Waals surface area contributed by atoms with Crippen molar-refractivity contribution in [2.24, 2.45) is 4.99 Å². The van der Waals surface area contributed by atoms with Crippen LogP contribution in [0.2, 0.25) is 0 Å². The Bertz CT molecular complexity index is 765. The molecular formula is C20H24F3N3. The molecule has 0 spiro atoms. The topological polar surface area (TPSA) is 27.6 Å². The van der Waals surface area contributed by atoms with Gasteiger partial charge in [-0.15, -0.1) is 0 Å². The van der Waals surface area contributed by atoms with E-state index in [2.05, 4.69) is 17.2 Å². The lowest BCUT2D eigenvalue weighted by atomic mass is 10.1. The summed E-state index contributed by atoms with van der Waals surface area (Å²) < 4.78 is 37.8. The Morgan fingerprint density at radius 3 is 2.31 bits per heavy atom. The molecule has 0 fully saturated rings. The number of aryl methyl sites for hydroxylation is 2. The van der Waals surface area contributed by atoms with E-state index in [1.54, 1.807) is 6.34 Å². The number of hydrogen-bond acceptors (Lipinski definition) is 2. The van der Waals surface area contributed by atoms with Crippen molar-refractivity contribution in [3.05, 3.63) is 58.7 Å². The number of aliphatic imine (C=N–C) groups is 1. The summed E-state index contributed by atoms with van der Waals surface area (Å²) in [6, 6.07) is 9.23. The number of halogens is 3. The zero-order valence-corrected chi connectivity index (χ0v) is 15.5. The lowest BCUT2D eigenvalue weighted by Crippen LogP contribution is -2.14. The molecule has 0 radical (unpaired) electrons. The second kappa shape index (κ2) is 8.25.